The third kappa shape index (κ3) is 4.78. The number of carbonyl (C=O) groups excluding carboxylic acids is 1. The summed E-state index contributed by atoms with van der Waals surface area (Å²) < 4.78 is 10.9. The molecule has 1 aromatic carbocycles. The molecule has 0 bridgehead atoms. The number of nitrogens with zero attached hydrogens (tertiary/aromatic N) is 2. The van der Waals surface area contributed by atoms with Gasteiger partial charge in [-0.1, -0.05) is 18.7 Å². The number of hydrogen-bond donors (Lipinski definition) is 1. The Hall–Kier alpha value is -2.57. The van der Waals surface area contributed by atoms with Crippen molar-refractivity contribution in [3.05, 3.63) is 66.5 Å². The summed E-state index contributed by atoms with van der Waals surface area (Å²) in [6.45, 7) is 6.12. The largest absolute Gasteiger partial charge is 0.493 e. The predicted octanol–water partition coefficient (Wildman–Crippen LogP) is 2.86. The van der Waals surface area contributed by atoms with E-state index in [0.29, 0.717) is 36.8 Å². The fraction of sp³-hybridized carbons (Fsp3) is 0.300. The van der Waals surface area contributed by atoms with Crippen LogP contribution in [0.3, 0.4) is 0 Å². The number of carbonyl (C=O) groups is 1. The van der Waals surface area contributed by atoms with Gasteiger partial charge in [0.1, 0.15) is 6.61 Å². The van der Waals surface area contributed by atoms with E-state index in [1.165, 1.54) is 0 Å². The Morgan fingerprint density at radius 3 is 2.96 bits per heavy atom. The van der Waals surface area contributed by atoms with Gasteiger partial charge in [-0.3, -0.25) is 9.78 Å². The SMILES string of the molecule is C=CCOc1ccc(C(=O)N2CCNCC2c2cccnc2)cc1OC.Cl. The van der Waals surface area contributed by atoms with E-state index in [9.17, 15) is 4.79 Å². The number of hydrogen-bond acceptors (Lipinski definition) is 5. The molecule has 7 heteroatoms. The third-order valence-electron chi connectivity index (χ3n) is 4.34. The first kappa shape index (κ1) is 20.7. The molecule has 0 aliphatic carbocycles. The summed E-state index contributed by atoms with van der Waals surface area (Å²) in [5.41, 5.74) is 1.59. The normalized spacial score (nSPS) is 16.2. The molecule has 2 aromatic rings. The molecule has 1 N–H and O–H groups in total. The van der Waals surface area contributed by atoms with E-state index >= 15 is 0 Å². The quantitative estimate of drug-likeness (QED) is 0.770. The van der Waals surface area contributed by atoms with E-state index < -0.39 is 0 Å². The highest BCUT2D eigenvalue weighted by atomic mass is 35.5. The second kappa shape index (κ2) is 9.94. The van der Waals surface area contributed by atoms with E-state index in [4.69, 9.17) is 9.47 Å². The van der Waals surface area contributed by atoms with E-state index in [1.54, 1.807) is 37.6 Å². The highest BCUT2D eigenvalue weighted by molar-refractivity contribution is 5.95. The van der Waals surface area contributed by atoms with Gasteiger partial charge in [-0.25, -0.2) is 0 Å². The molecule has 3 rings (SSSR count). The van der Waals surface area contributed by atoms with Gasteiger partial charge in [0, 0.05) is 37.6 Å². The Morgan fingerprint density at radius 2 is 2.26 bits per heavy atom. The van der Waals surface area contributed by atoms with Crippen LogP contribution in [0.4, 0.5) is 0 Å². The van der Waals surface area contributed by atoms with Crippen molar-refractivity contribution in [2.75, 3.05) is 33.4 Å². The van der Waals surface area contributed by atoms with E-state index in [2.05, 4.69) is 16.9 Å². The first-order chi connectivity index (χ1) is 12.7. The lowest BCUT2D eigenvalue weighted by atomic mass is 10.0. The summed E-state index contributed by atoms with van der Waals surface area (Å²) in [6, 6.07) is 9.10. The number of aromatic nitrogens is 1. The topological polar surface area (TPSA) is 63.7 Å². The van der Waals surface area contributed by atoms with Gasteiger partial charge in [-0.2, -0.15) is 0 Å². The molecule has 1 aromatic heterocycles. The standard InChI is InChI=1S/C20H23N3O3.ClH/c1-3-11-26-18-7-6-15(12-19(18)25-2)20(24)23-10-9-22-14-17(23)16-5-4-8-21-13-16;/h3-8,12-13,17,22H,1,9-11,14H2,2H3;1H. The minimum absolute atomic E-state index is 0. The maximum Gasteiger partial charge on any atom is 0.254 e. The predicted molar refractivity (Wildman–Crippen MR) is 107 cm³/mol. The lowest BCUT2D eigenvalue weighted by Crippen LogP contribution is -2.48. The zero-order chi connectivity index (χ0) is 18.4. The van der Waals surface area contributed by atoms with Crippen molar-refractivity contribution in [2.24, 2.45) is 0 Å². The molecule has 1 fully saturated rings. The molecule has 0 radical (unpaired) electrons. The van der Waals surface area contributed by atoms with Crippen LogP contribution in [0.25, 0.3) is 0 Å². The third-order valence-corrected chi connectivity index (χ3v) is 4.34. The maximum absolute atomic E-state index is 13.1. The van der Waals surface area contributed by atoms with Crippen LogP contribution in [0.2, 0.25) is 0 Å². The fourth-order valence-corrected chi connectivity index (χ4v) is 3.05. The molecule has 27 heavy (non-hydrogen) atoms. The minimum Gasteiger partial charge on any atom is -0.493 e. The number of benzene rings is 1. The van der Waals surface area contributed by atoms with Crippen LogP contribution in [0.1, 0.15) is 22.0 Å². The number of rotatable bonds is 6. The van der Waals surface area contributed by atoms with E-state index in [0.717, 1.165) is 12.1 Å². The molecular weight excluding hydrogens is 366 g/mol. The molecule has 1 unspecified atom stereocenters. The second-order valence-electron chi connectivity index (χ2n) is 5.97. The van der Waals surface area contributed by atoms with Gasteiger partial charge < -0.3 is 19.7 Å². The first-order valence-electron chi connectivity index (χ1n) is 8.58. The highest BCUT2D eigenvalue weighted by Gasteiger charge is 2.29. The monoisotopic (exact) mass is 389 g/mol. The fourth-order valence-electron chi connectivity index (χ4n) is 3.05. The van der Waals surface area contributed by atoms with Crippen molar-refractivity contribution in [2.45, 2.75) is 6.04 Å². The molecule has 1 aliphatic rings. The zero-order valence-corrected chi connectivity index (χ0v) is 16.1. The lowest BCUT2D eigenvalue weighted by Gasteiger charge is -2.36. The van der Waals surface area contributed by atoms with E-state index in [1.807, 2.05) is 23.2 Å². The van der Waals surface area contributed by atoms with Crippen LogP contribution in [0, 0.1) is 0 Å². The molecule has 6 nitrogen and oxygen atoms in total. The van der Waals surface area contributed by atoms with Crippen molar-refractivity contribution in [3.8, 4) is 11.5 Å². The smallest absolute Gasteiger partial charge is 0.254 e. The molecule has 2 heterocycles. The number of amides is 1. The van der Waals surface area contributed by atoms with Gasteiger partial charge in [-0.05, 0) is 29.8 Å². The van der Waals surface area contributed by atoms with Crippen LogP contribution in [-0.2, 0) is 0 Å². The van der Waals surface area contributed by atoms with Crippen LogP contribution in [-0.4, -0.2) is 49.1 Å². The number of halogens is 1. The number of pyridine rings is 1. The van der Waals surface area contributed by atoms with Crippen LogP contribution >= 0.6 is 12.4 Å². The number of methoxy groups -OCH3 is 1. The summed E-state index contributed by atoms with van der Waals surface area (Å²) in [5, 5.41) is 3.35. The van der Waals surface area contributed by atoms with Crippen LogP contribution in [0.5, 0.6) is 11.5 Å². The van der Waals surface area contributed by atoms with Gasteiger partial charge >= 0.3 is 0 Å². The summed E-state index contributed by atoms with van der Waals surface area (Å²) in [6.07, 6.45) is 5.21. The van der Waals surface area contributed by atoms with Gasteiger partial charge in [0.05, 0.1) is 13.2 Å². The Bertz CT molecular complexity index is 770. The number of piperazine rings is 1. The molecule has 1 saturated heterocycles. The number of nitrogens with one attached hydrogen (secondary N) is 1. The van der Waals surface area contributed by atoms with Crippen molar-refractivity contribution < 1.29 is 14.3 Å². The van der Waals surface area contributed by atoms with Crippen molar-refractivity contribution in [3.63, 3.8) is 0 Å². The molecule has 1 aliphatic heterocycles. The summed E-state index contributed by atoms with van der Waals surface area (Å²) in [4.78, 5) is 19.2. The lowest BCUT2D eigenvalue weighted by molar-refractivity contribution is 0.0633. The van der Waals surface area contributed by atoms with Gasteiger partial charge in [0.15, 0.2) is 11.5 Å². The van der Waals surface area contributed by atoms with Crippen molar-refractivity contribution in [1.29, 1.82) is 0 Å². The van der Waals surface area contributed by atoms with Gasteiger partial charge in [-0.15, -0.1) is 12.4 Å². The maximum atomic E-state index is 13.1. The molecule has 0 spiro atoms. The molecule has 1 atom stereocenters. The number of ether oxygens (including phenoxy) is 2. The summed E-state index contributed by atoms with van der Waals surface area (Å²) in [7, 11) is 1.56. The van der Waals surface area contributed by atoms with Crippen LogP contribution in [0.15, 0.2) is 55.4 Å². The average Bonchev–Trinajstić information content (AvgIpc) is 2.72. The van der Waals surface area contributed by atoms with Crippen molar-refractivity contribution in [1.82, 2.24) is 15.2 Å². The van der Waals surface area contributed by atoms with E-state index in [-0.39, 0.29) is 24.4 Å². The van der Waals surface area contributed by atoms with Gasteiger partial charge in [0.25, 0.3) is 5.91 Å². The molecule has 0 saturated carbocycles. The molecule has 144 valence electrons. The molecule has 1 amide bonds. The molecular formula is C20H24ClN3O3. The summed E-state index contributed by atoms with van der Waals surface area (Å²) in [5.74, 6) is 1.09. The Morgan fingerprint density at radius 1 is 1.41 bits per heavy atom. The zero-order valence-electron chi connectivity index (χ0n) is 15.3. The second-order valence-corrected chi connectivity index (χ2v) is 5.97. The average molecular weight is 390 g/mol. The first-order valence-corrected chi connectivity index (χ1v) is 8.58. The Balaban J connectivity index is 0.00000261. The Labute approximate surface area is 165 Å². The summed E-state index contributed by atoms with van der Waals surface area (Å²) >= 11 is 0. The van der Waals surface area contributed by atoms with Crippen LogP contribution < -0.4 is 14.8 Å². The Kier molecular flexibility index (Phi) is 7.64. The highest BCUT2D eigenvalue weighted by Crippen LogP contribution is 2.30. The van der Waals surface area contributed by atoms with Crippen molar-refractivity contribution >= 4 is 18.3 Å². The van der Waals surface area contributed by atoms with Gasteiger partial charge in [0.2, 0.25) is 0 Å². The minimum atomic E-state index is -0.0485.